The van der Waals surface area contributed by atoms with Crippen LogP contribution >= 0.6 is 0 Å². The van der Waals surface area contributed by atoms with E-state index in [9.17, 15) is 9.59 Å². The summed E-state index contributed by atoms with van der Waals surface area (Å²) in [7, 11) is 0. The van der Waals surface area contributed by atoms with Gasteiger partial charge in [0.15, 0.2) is 0 Å². The van der Waals surface area contributed by atoms with Gasteiger partial charge in [-0.05, 0) is 30.2 Å². The lowest BCUT2D eigenvalue weighted by Gasteiger charge is -2.08. The maximum atomic E-state index is 11.7. The molecule has 0 heterocycles. The summed E-state index contributed by atoms with van der Waals surface area (Å²) in [5, 5.41) is 9.08. The van der Waals surface area contributed by atoms with Crippen LogP contribution in [0.25, 0.3) is 0 Å². The van der Waals surface area contributed by atoms with E-state index in [-0.39, 0.29) is 24.7 Å². The van der Waals surface area contributed by atoms with Crippen molar-refractivity contribution in [2.24, 2.45) is 0 Å². The summed E-state index contributed by atoms with van der Waals surface area (Å²) in [6, 6.07) is 15.6. The minimum absolute atomic E-state index is 0.161. The number of benzene rings is 2. The summed E-state index contributed by atoms with van der Waals surface area (Å²) < 4.78 is 10.5. The van der Waals surface area contributed by atoms with Crippen molar-refractivity contribution in [3.05, 3.63) is 71.3 Å². The maximum absolute atomic E-state index is 11.7. The fraction of sp³-hybridized carbons (Fsp3) is 0.222. The summed E-state index contributed by atoms with van der Waals surface area (Å²) >= 11 is 0. The number of carboxylic acid groups (broad SMARTS) is 1. The van der Waals surface area contributed by atoms with Crippen LogP contribution in [0.2, 0.25) is 0 Å². The van der Waals surface area contributed by atoms with E-state index in [4.69, 9.17) is 14.6 Å². The highest BCUT2D eigenvalue weighted by molar-refractivity contribution is 5.89. The summed E-state index contributed by atoms with van der Waals surface area (Å²) in [6.07, 6.45) is 0.495. The standard InChI is InChI=1S/C18H18O5/c19-17(20)16-9-5-4-6-14(16)10-11-22-12-13-23-18(21)15-7-2-1-3-8-15/h1-9H,10-13H2,(H,19,20). The van der Waals surface area contributed by atoms with Crippen LogP contribution in [0.1, 0.15) is 26.3 Å². The zero-order chi connectivity index (χ0) is 16.5. The molecule has 0 bridgehead atoms. The molecule has 0 unspecified atom stereocenters. The molecule has 0 aliphatic heterocycles. The predicted octanol–water partition coefficient (Wildman–Crippen LogP) is 2.80. The number of carboxylic acids is 1. The molecule has 0 saturated carbocycles. The van der Waals surface area contributed by atoms with Crippen LogP contribution in [0, 0.1) is 0 Å². The second-order valence-electron chi connectivity index (χ2n) is 4.83. The number of hydrogen-bond acceptors (Lipinski definition) is 4. The van der Waals surface area contributed by atoms with Crippen molar-refractivity contribution in [3.8, 4) is 0 Å². The lowest BCUT2D eigenvalue weighted by molar-refractivity contribution is 0.0320. The first kappa shape index (κ1) is 16.7. The Kier molecular flexibility index (Phi) is 6.32. The molecule has 5 heteroatoms. The Labute approximate surface area is 134 Å². The lowest BCUT2D eigenvalue weighted by Crippen LogP contribution is -2.12. The molecule has 0 atom stereocenters. The third-order valence-electron chi connectivity index (χ3n) is 3.23. The zero-order valence-electron chi connectivity index (χ0n) is 12.6. The van der Waals surface area contributed by atoms with Gasteiger partial charge in [0.1, 0.15) is 6.61 Å². The van der Waals surface area contributed by atoms with Crippen molar-refractivity contribution in [3.63, 3.8) is 0 Å². The van der Waals surface area contributed by atoms with Gasteiger partial charge in [-0.3, -0.25) is 0 Å². The van der Waals surface area contributed by atoms with Gasteiger partial charge in [0.2, 0.25) is 0 Å². The molecule has 1 N–H and O–H groups in total. The highest BCUT2D eigenvalue weighted by Crippen LogP contribution is 2.09. The largest absolute Gasteiger partial charge is 0.478 e. The van der Waals surface area contributed by atoms with Gasteiger partial charge in [0, 0.05) is 0 Å². The molecule has 0 amide bonds. The Hall–Kier alpha value is -2.66. The number of aromatic carboxylic acids is 1. The number of rotatable bonds is 8. The molecule has 0 aromatic heterocycles. The van der Waals surface area contributed by atoms with Crippen LogP contribution in [-0.2, 0) is 15.9 Å². The summed E-state index contributed by atoms with van der Waals surface area (Å²) in [5.41, 5.74) is 1.51. The topological polar surface area (TPSA) is 72.8 Å². The van der Waals surface area contributed by atoms with Crippen LogP contribution in [0.3, 0.4) is 0 Å². The minimum atomic E-state index is -0.947. The molecule has 0 spiro atoms. The number of carbonyl (C=O) groups excluding carboxylic acids is 1. The number of carbonyl (C=O) groups is 2. The van der Waals surface area contributed by atoms with Crippen molar-refractivity contribution in [1.29, 1.82) is 0 Å². The van der Waals surface area contributed by atoms with Gasteiger partial charge in [0.25, 0.3) is 0 Å². The average Bonchev–Trinajstić information content (AvgIpc) is 2.58. The molecule has 0 fully saturated rings. The van der Waals surface area contributed by atoms with Crippen LogP contribution < -0.4 is 0 Å². The van der Waals surface area contributed by atoms with Gasteiger partial charge in [-0.15, -0.1) is 0 Å². The molecular formula is C18H18O5. The zero-order valence-corrected chi connectivity index (χ0v) is 12.6. The molecule has 5 nitrogen and oxygen atoms in total. The number of ether oxygens (including phenoxy) is 2. The Morgan fingerprint density at radius 1 is 0.870 bits per heavy atom. The Morgan fingerprint density at radius 2 is 1.57 bits per heavy atom. The van der Waals surface area contributed by atoms with Gasteiger partial charge in [-0.2, -0.15) is 0 Å². The van der Waals surface area contributed by atoms with Crippen LogP contribution in [0.4, 0.5) is 0 Å². The van der Waals surface area contributed by atoms with Crippen molar-refractivity contribution in [2.75, 3.05) is 19.8 Å². The van der Waals surface area contributed by atoms with E-state index in [1.165, 1.54) is 0 Å². The Morgan fingerprint density at radius 3 is 2.30 bits per heavy atom. The molecule has 2 aromatic carbocycles. The highest BCUT2D eigenvalue weighted by Gasteiger charge is 2.08. The van der Waals surface area contributed by atoms with Crippen molar-refractivity contribution in [1.82, 2.24) is 0 Å². The lowest BCUT2D eigenvalue weighted by atomic mass is 10.1. The third-order valence-corrected chi connectivity index (χ3v) is 3.23. The minimum Gasteiger partial charge on any atom is -0.478 e. The summed E-state index contributed by atoms with van der Waals surface area (Å²) in [4.78, 5) is 22.7. The van der Waals surface area contributed by atoms with Gasteiger partial charge in [-0.1, -0.05) is 36.4 Å². The van der Waals surface area contributed by atoms with Crippen LogP contribution in [0.5, 0.6) is 0 Å². The number of esters is 1. The molecule has 0 aliphatic carbocycles. The number of hydrogen-bond donors (Lipinski definition) is 1. The Bertz CT molecular complexity index is 651. The molecule has 0 aliphatic rings. The smallest absolute Gasteiger partial charge is 0.338 e. The van der Waals surface area contributed by atoms with Crippen molar-refractivity contribution >= 4 is 11.9 Å². The quantitative estimate of drug-likeness (QED) is 0.599. The summed E-state index contributed by atoms with van der Waals surface area (Å²) in [6.45, 7) is 0.801. The van der Waals surface area contributed by atoms with Crippen molar-refractivity contribution in [2.45, 2.75) is 6.42 Å². The van der Waals surface area contributed by atoms with Crippen LogP contribution in [-0.4, -0.2) is 36.9 Å². The average molecular weight is 314 g/mol. The molecule has 23 heavy (non-hydrogen) atoms. The molecule has 0 radical (unpaired) electrons. The van der Waals surface area contributed by atoms with E-state index in [0.717, 1.165) is 5.56 Å². The van der Waals surface area contributed by atoms with Crippen molar-refractivity contribution < 1.29 is 24.2 Å². The molecule has 0 saturated heterocycles. The first-order valence-electron chi connectivity index (χ1n) is 7.29. The third kappa shape index (κ3) is 5.23. The van der Waals surface area contributed by atoms with Gasteiger partial charge < -0.3 is 14.6 Å². The first-order chi connectivity index (χ1) is 11.2. The van der Waals surface area contributed by atoms with E-state index in [2.05, 4.69) is 0 Å². The van der Waals surface area contributed by atoms with Crippen LogP contribution in [0.15, 0.2) is 54.6 Å². The monoisotopic (exact) mass is 314 g/mol. The van der Waals surface area contributed by atoms with E-state index >= 15 is 0 Å². The SMILES string of the molecule is O=C(OCCOCCc1ccccc1C(=O)O)c1ccccc1. The normalized spacial score (nSPS) is 10.3. The van der Waals surface area contributed by atoms with E-state index in [1.54, 1.807) is 48.5 Å². The van der Waals surface area contributed by atoms with E-state index in [0.29, 0.717) is 18.6 Å². The van der Waals surface area contributed by atoms with Gasteiger partial charge in [0.05, 0.1) is 24.3 Å². The Balaban J connectivity index is 1.67. The molecule has 2 aromatic rings. The summed E-state index contributed by atoms with van der Waals surface area (Å²) in [5.74, 6) is -1.33. The van der Waals surface area contributed by atoms with Gasteiger partial charge >= 0.3 is 11.9 Å². The maximum Gasteiger partial charge on any atom is 0.338 e. The van der Waals surface area contributed by atoms with Gasteiger partial charge in [-0.25, -0.2) is 9.59 Å². The highest BCUT2D eigenvalue weighted by atomic mass is 16.6. The second-order valence-corrected chi connectivity index (χ2v) is 4.83. The molecule has 120 valence electrons. The second kappa shape index (κ2) is 8.70. The molecular weight excluding hydrogens is 296 g/mol. The first-order valence-corrected chi connectivity index (χ1v) is 7.29. The molecule has 2 rings (SSSR count). The predicted molar refractivity (Wildman–Crippen MR) is 84.6 cm³/mol. The van der Waals surface area contributed by atoms with E-state index < -0.39 is 5.97 Å². The fourth-order valence-electron chi connectivity index (χ4n) is 2.08. The fourth-order valence-corrected chi connectivity index (χ4v) is 2.08. The van der Waals surface area contributed by atoms with E-state index in [1.807, 2.05) is 6.07 Å².